The number of rotatable bonds is 2. The summed E-state index contributed by atoms with van der Waals surface area (Å²) in [7, 11) is 0. The smallest absolute Gasteiger partial charge is 0.298 e. The second-order valence-corrected chi connectivity index (χ2v) is 5.43. The molecule has 2 aromatic carbocycles. The third-order valence-corrected chi connectivity index (χ3v) is 3.84. The summed E-state index contributed by atoms with van der Waals surface area (Å²) >= 11 is 0. The fraction of sp³-hybridized carbons (Fsp3) is 0.111. The number of para-hydroxylation sites is 1. The predicted molar refractivity (Wildman–Crippen MR) is 90.2 cm³/mol. The number of nitrogens with one attached hydrogen (secondary N) is 2. The highest BCUT2D eigenvalue weighted by Gasteiger charge is 2.17. The number of benzene rings is 2. The Bertz CT molecular complexity index is 896. The van der Waals surface area contributed by atoms with Crippen LogP contribution < -0.4 is 10.9 Å². The van der Waals surface area contributed by atoms with Gasteiger partial charge in [0.05, 0.1) is 11.2 Å². The van der Waals surface area contributed by atoms with Crippen LogP contribution in [0.5, 0.6) is 0 Å². The Labute approximate surface area is 133 Å². The van der Waals surface area contributed by atoms with Gasteiger partial charge < -0.3 is 0 Å². The van der Waals surface area contributed by atoms with Gasteiger partial charge in [-0.15, -0.1) is 0 Å². The lowest BCUT2D eigenvalue weighted by Gasteiger charge is -2.10. The molecule has 1 amide bonds. The van der Waals surface area contributed by atoms with E-state index in [9.17, 15) is 9.59 Å². The average molecular weight is 307 g/mol. The van der Waals surface area contributed by atoms with Gasteiger partial charge in [-0.2, -0.15) is 0 Å². The van der Waals surface area contributed by atoms with E-state index in [0.29, 0.717) is 5.52 Å². The molecule has 0 bridgehead atoms. The van der Waals surface area contributed by atoms with Crippen LogP contribution in [0.3, 0.4) is 0 Å². The highest BCUT2D eigenvalue weighted by molar-refractivity contribution is 6.37. The van der Waals surface area contributed by atoms with Gasteiger partial charge in [0.1, 0.15) is 0 Å². The molecule has 0 saturated carbocycles. The summed E-state index contributed by atoms with van der Waals surface area (Å²) in [6, 6.07) is 14.9. The minimum absolute atomic E-state index is 0.637. The van der Waals surface area contributed by atoms with E-state index in [1.165, 1.54) is 4.57 Å². The minimum atomic E-state index is -0.718. The van der Waals surface area contributed by atoms with Crippen molar-refractivity contribution in [2.24, 2.45) is 0 Å². The Hall–Kier alpha value is -3.08. The van der Waals surface area contributed by atoms with Crippen molar-refractivity contribution in [3.8, 4) is 0 Å². The van der Waals surface area contributed by atoms with E-state index in [-0.39, 0.29) is 0 Å². The first-order valence-corrected chi connectivity index (χ1v) is 7.30. The van der Waals surface area contributed by atoms with Crippen molar-refractivity contribution in [1.82, 2.24) is 9.99 Å². The van der Waals surface area contributed by atoms with Gasteiger partial charge in [-0.3, -0.25) is 25.0 Å². The monoisotopic (exact) mass is 307 g/mol. The number of anilines is 1. The molecule has 1 aromatic heterocycles. The summed E-state index contributed by atoms with van der Waals surface area (Å²) in [5, 5.41) is 0.913. The van der Waals surface area contributed by atoms with Gasteiger partial charge in [0.15, 0.2) is 0 Å². The van der Waals surface area contributed by atoms with Gasteiger partial charge in [0, 0.05) is 11.6 Å². The average Bonchev–Trinajstić information content (AvgIpc) is 2.99. The molecule has 0 fully saturated rings. The maximum atomic E-state index is 12.3. The van der Waals surface area contributed by atoms with Crippen molar-refractivity contribution >= 4 is 28.4 Å². The van der Waals surface area contributed by atoms with Gasteiger partial charge in [0.25, 0.3) is 0 Å². The first-order chi connectivity index (χ1) is 11.1. The summed E-state index contributed by atoms with van der Waals surface area (Å²) in [6.07, 6.45) is 1.60. The standard InChI is InChI=1S/C18H17N3O2/c1-12-7-8-15(11-13(12)2)19-20-17(22)18(23)21-10-9-14-5-3-4-6-16(14)21/h3-11,19H,1-2H3,(H,20,22). The molecular weight excluding hydrogens is 290 g/mol. The molecule has 116 valence electrons. The third-order valence-electron chi connectivity index (χ3n) is 3.84. The molecular formula is C18H17N3O2. The summed E-state index contributed by atoms with van der Waals surface area (Å²) in [6.45, 7) is 4.00. The van der Waals surface area contributed by atoms with Crippen LogP contribution in [0.25, 0.3) is 10.9 Å². The Balaban J connectivity index is 1.72. The van der Waals surface area contributed by atoms with Crippen LogP contribution in [0.15, 0.2) is 54.7 Å². The highest BCUT2D eigenvalue weighted by Crippen LogP contribution is 2.15. The molecule has 0 aliphatic rings. The summed E-state index contributed by atoms with van der Waals surface area (Å²) in [5.74, 6) is -1.35. The first kappa shape index (κ1) is 14.8. The largest absolute Gasteiger partial charge is 0.328 e. The van der Waals surface area contributed by atoms with E-state index >= 15 is 0 Å². The zero-order valence-corrected chi connectivity index (χ0v) is 13.0. The lowest BCUT2D eigenvalue weighted by Crippen LogP contribution is -2.38. The fourth-order valence-corrected chi connectivity index (χ4v) is 2.37. The lowest BCUT2D eigenvalue weighted by molar-refractivity contribution is -0.117. The lowest BCUT2D eigenvalue weighted by atomic mass is 10.1. The predicted octanol–water partition coefficient (Wildman–Crippen LogP) is 3.04. The topological polar surface area (TPSA) is 63.1 Å². The number of amides is 1. The third kappa shape index (κ3) is 2.94. The number of aromatic nitrogens is 1. The van der Waals surface area contributed by atoms with Gasteiger partial charge in [0.2, 0.25) is 0 Å². The number of fused-ring (bicyclic) bond motifs is 1. The molecule has 5 heteroatoms. The molecule has 1 heterocycles. The number of aryl methyl sites for hydroxylation is 2. The zero-order valence-electron chi connectivity index (χ0n) is 13.0. The normalized spacial score (nSPS) is 10.5. The van der Waals surface area contributed by atoms with Crippen LogP contribution in [0.2, 0.25) is 0 Å². The van der Waals surface area contributed by atoms with E-state index in [2.05, 4.69) is 10.9 Å². The van der Waals surface area contributed by atoms with Crippen molar-refractivity contribution in [3.05, 3.63) is 65.9 Å². The van der Waals surface area contributed by atoms with E-state index in [4.69, 9.17) is 0 Å². The van der Waals surface area contributed by atoms with Crippen molar-refractivity contribution in [2.75, 3.05) is 5.43 Å². The molecule has 0 aliphatic carbocycles. The molecule has 3 rings (SSSR count). The second-order valence-electron chi connectivity index (χ2n) is 5.43. The number of carbonyl (C=O) groups excluding carboxylic acids is 2. The summed E-state index contributed by atoms with van der Waals surface area (Å²) in [4.78, 5) is 24.3. The van der Waals surface area contributed by atoms with Crippen molar-refractivity contribution < 1.29 is 9.59 Å². The summed E-state index contributed by atoms with van der Waals surface area (Å²) in [5.41, 5.74) is 8.91. The quantitative estimate of drug-likeness (QED) is 0.565. The molecule has 0 atom stereocenters. The SMILES string of the molecule is Cc1ccc(NNC(=O)C(=O)n2ccc3ccccc32)cc1C. The molecule has 2 N–H and O–H groups in total. The number of hydrazine groups is 1. The maximum Gasteiger partial charge on any atom is 0.328 e. The highest BCUT2D eigenvalue weighted by atomic mass is 16.2. The molecule has 0 aliphatic heterocycles. The van der Waals surface area contributed by atoms with Crippen LogP contribution in [0.4, 0.5) is 5.69 Å². The van der Waals surface area contributed by atoms with Gasteiger partial charge in [-0.05, 0) is 49.2 Å². The van der Waals surface area contributed by atoms with Crippen molar-refractivity contribution in [2.45, 2.75) is 13.8 Å². The van der Waals surface area contributed by atoms with Crippen LogP contribution in [-0.2, 0) is 4.79 Å². The van der Waals surface area contributed by atoms with E-state index in [0.717, 1.165) is 22.2 Å². The number of hydrogen-bond donors (Lipinski definition) is 2. The van der Waals surface area contributed by atoms with E-state index < -0.39 is 11.8 Å². The molecule has 0 saturated heterocycles. The van der Waals surface area contributed by atoms with E-state index in [1.807, 2.05) is 50.2 Å². The van der Waals surface area contributed by atoms with Crippen LogP contribution in [-0.4, -0.2) is 16.4 Å². The fourth-order valence-electron chi connectivity index (χ4n) is 2.37. The number of nitrogens with zero attached hydrogens (tertiary/aromatic N) is 1. The Morgan fingerprint density at radius 2 is 1.74 bits per heavy atom. The molecule has 0 spiro atoms. The minimum Gasteiger partial charge on any atom is -0.298 e. The summed E-state index contributed by atoms with van der Waals surface area (Å²) < 4.78 is 1.34. The zero-order chi connectivity index (χ0) is 16.4. The molecule has 5 nitrogen and oxygen atoms in total. The van der Waals surface area contributed by atoms with Crippen molar-refractivity contribution in [1.29, 1.82) is 0 Å². The van der Waals surface area contributed by atoms with Gasteiger partial charge >= 0.3 is 11.8 Å². The Morgan fingerprint density at radius 3 is 2.52 bits per heavy atom. The first-order valence-electron chi connectivity index (χ1n) is 7.30. The van der Waals surface area contributed by atoms with Crippen molar-refractivity contribution in [3.63, 3.8) is 0 Å². The van der Waals surface area contributed by atoms with Gasteiger partial charge in [-0.25, -0.2) is 0 Å². The Morgan fingerprint density at radius 1 is 0.957 bits per heavy atom. The van der Waals surface area contributed by atoms with E-state index in [1.54, 1.807) is 18.3 Å². The number of hydrogen-bond acceptors (Lipinski definition) is 3. The van der Waals surface area contributed by atoms with Crippen LogP contribution in [0, 0.1) is 13.8 Å². The molecule has 0 unspecified atom stereocenters. The number of carbonyl (C=O) groups is 2. The Kier molecular flexibility index (Phi) is 3.85. The molecule has 0 radical (unpaired) electrons. The molecule has 23 heavy (non-hydrogen) atoms. The van der Waals surface area contributed by atoms with Crippen LogP contribution in [0.1, 0.15) is 15.9 Å². The molecule has 3 aromatic rings. The second kappa shape index (κ2) is 5.96. The maximum absolute atomic E-state index is 12.3. The van der Waals surface area contributed by atoms with Gasteiger partial charge in [-0.1, -0.05) is 24.3 Å². The van der Waals surface area contributed by atoms with Crippen LogP contribution >= 0.6 is 0 Å².